The van der Waals surface area contributed by atoms with Crippen molar-refractivity contribution in [2.75, 3.05) is 0 Å². The largest absolute Gasteiger partial charge is 0.461 e. The van der Waals surface area contributed by atoms with Gasteiger partial charge in [-0.2, -0.15) is 4.98 Å². The maximum absolute atomic E-state index is 14.0. The number of aryl methyl sites for hydroxylation is 1. The quantitative estimate of drug-likeness (QED) is 0.438. The van der Waals surface area contributed by atoms with E-state index in [4.69, 9.17) is 8.94 Å². The third-order valence-corrected chi connectivity index (χ3v) is 5.41. The molecule has 1 saturated carbocycles. The highest BCUT2D eigenvalue weighted by molar-refractivity contribution is 7.98. The average molecular weight is 397 g/mol. The Morgan fingerprint density at radius 2 is 2.14 bits per heavy atom. The van der Waals surface area contributed by atoms with E-state index in [1.54, 1.807) is 18.4 Å². The van der Waals surface area contributed by atoms with Crippen LogP contribution in [0.3, 0.4) is 0 Å². The molecule has 9 heteroatoms. The summed E-state index contributed by atoms with van der Waals surface area (Å²) in [6, 6.07) is 8.89. The van der Waals surface area contributed by atoms with Gasteiger partial charge in [0, 0.05) is 6.04 Å². The van der Waals surface area contributed by atoms with Crippen molar-refractivity contribution in [3.8, 4) is 23.0 Å². The Bertz CT molecular complexity index is 1120. The van der Waals surface area contributed by atoms with Crippen LogP contribution < -0.4 is 0 Å². The van der Waals surface area contributed by atoms with Crippen LogP contribution >= 0.6 is 11.8 Å². The molecule has 0 amide bonds. The summed E-state index contributed by atoms with van der Waals surface area (Å²) in [6.07, 6.45) is 3.82. The van der Waals surface area contributed by atoms with Crippen LogP contribution in [0, 0.1) is 12.7 Å². The van der Waals surface area contributed by atoms with Crippen molar-refractivity contribution in [2.45, 2.75) is 36.7 Å². The van der Waals surface area contributed by atoms with Gasteiger partial charge in [0.05, 0.1) is 17.6 Å². The number of thioether (sulfide) groups is 1. The fourth-order valence-corrected chi connectivity index (χ4v) is 3.81. The highest BCUT2D eigenvalue weighted by atomic mass is 32.2. The van der Waals surface area contributed by atoms with E-state index in [9.17, 15) is 4.39 Å². The van der Waals surface area contributed by atoms with Crippen molar-refractivity contribution < 1.29 is 13.3 Å². The number of halogens is 1. The zero-order valence-electron chi connectivity index (χ0n) is 15.0. The normalized spacial score (nSPS) is 13.9. The summed E-state index contributed by atoms with van der Waals surface area (Å²) < 4.78 is 26.9. The number of hydrogen-bond donors (Lipinski definition) is 0. The van der Waals surface area contributed by atoms with Gasteiger partial charge in [-0.15, -0.1) is 10.2 Å². The monoisotopic (exact) mass is 397 g/mol. The molecule has 28 heavy (non-hydrogen) atoms. The minimum Gasteiger partial charge on any atom is -0.461 e. The van der Waals surface area contributed by atoms with Gasteiger partial charge in [0.1, 0.15) is 5.82 Å². The first-order valence-electron chi connectivity index (χ1n) is 8.90. The number of nitrogens with zero attached hydrogens (tertiary/aromatic N) is 5. The van der Waals surface area contributed by atoms with Crippen molar-refractivity contribution in [3.05, 3.63) is 53.8 Å². The number of benzene rings is 1. The number of hydrogen-bond acceptors (Lipinski definition) is 7. The fraction of sp³-hybridized carbons (Fsp3) is 0.263. The van der Waals surface area contributed by atoms with Crippen molar-refractivity contribution in [1.29, 1.82) is 0 Å². The Hall–Kier alpha value is -2.94. The maximum Gasteiger partial charge on any atom is 0.260 e. The van der Waals surface area contributed by atoms with Gasteiger partial charge in [-0.1, -0.05) is 28.5 Å². The zero-order valence-corrected chi connectivity index (χ0v) is 15.8. The van der Waals surface area contributed by atoms with Crippen LogP contribution in [-0.4, -0.2) is 24.9 Å². The molecule has 0 spiro atoms. The van der Waals surface area contributed by atoms with E-state index in [-0.39, 0.29) is 11.7 Å². The summed E-state index contributed by atoms with van der Waals surface area (Å²) in [6.45, 7) is 1.89. The van der Waals surface area contributed by atoms with Crippen LogP contribution in [0.15, 0.2) is 50.7 Å². The molecule has 0 unspecified atom stereocenters. The van der Waals surface area contributed by atoms with Gasteiger partial charge < -0.3 is 8.94 Å². The van der Waals surface area contributed by atoms with Crippen molar-refractivity contribution in [1.82, 2.24) is 24.9 Å². The van der Waals surface area contributed by atoms with Gasteiger partial charge in [-0.3, -0.25) is 4.57 Å². The summed E-state index contributed by atoms with van der Waals surface area (Å²) in [5, 5.41) is 13.4. The molecule has 1 aliphatic carbocycles. The molecule has 0 saturated heterocycles. The third kappa shape index (κ3) is 3.22. The van der Waals surface area contributed by atoms with Crippen LogP contribution in [0.2, 0.25) is 0 Å². The van der Waals surface area contributed by atoms with Crippen LogP contribution in [0.1, 0.15) is 30.3 Å². The molecule has 1 fully saturated rings. The molecule has 1 aromatic carbocycles. The first-order valence-corrected chi connectivity index (χ1v) is 9.88. The SMILES string of the molecule is Cc1ccc(F)c(-c2nc(CSc3nnc(-c4ccco4)n3C3CC3)no2)c1. The van der Waals surface area contributed by atoms with Crippen LogP contribution in [0.4, 0.5) is 4.39 Å². The predicted octanol–water partition coefficient (Wildman–Crippen LogP) is 4.66. The van der Waals surface area contributed by atoms with Crippen molar-refractivity contribution in [2.24, 2.45) is 0 Å². The molecule has 4 aromatic rings. The second kappa shape index (κ2) is 6.90. The lowest BCUT2D eigenvalue weighted by molar-refractivity contribution is 0.422. The minimum atomic E-state index is -0.384. The molecule has 3 heterocycles. The lowest BCUT2D eigenvalue weighted by Crippen LogP contribution is -1.99. The van der Waals surface area contributed by atoms with Gasteiger partial charge in [-0.25, -0.2) is 4.39 Å². The standard InChI is InChI=1S/C19H16FN5O2S/c1-11-4-7-14(20)13(9-11)18-21-16(24-27-18)10-28-19-23-22-17(15-3-2-8-26-15)25(19)12-5-6-12/h2-4,7-9,12H,5-6,10H2,1H3. The summed E-state index contributed by atoms with van der Waals surface area (Å²) in [4.78, 5) is 4.33. The van der Waals surface area contributed by atoms with E-state index >= 15 is 0 Å². The van der Waals surface area contributed by atoms with Crippen LogP contribution in [0.25, 0.3) is 23.0 Å². The average Bonchev–Trinajstić information content (AvgIpc) is 3.12. The Kier molecular flexibility index (Phi) is 4.23. The summed E-state index contributed by atoms with van der Waals surface area (Å²) in [5.74, 6) is 2.14. The first-order chi connectivity index (χ1) is 13.7. The lowest BCUT2D eigenvalue weighted by atomic mass is 10.1. The second-order valence-electron chi connectivity index (χ2n) is 6.67. The lowest BCUT2D eigenvalue weighted by Gasteiger charge is -2.06. The molecule has 0 N–H and O–H groups in total. The van der Waals surface area contributed by atoms with E-state index in [1.165, 1.54) is 17.8 Å². The van der Waals surface area contributed by atoms with E-state index in [0.29, 0.717) is 28.9 Å². The number of aromatic nitrogens is 5. The molecule has 3 aromatic heterocycles. The van der Waals surface area contributed by atoms with Gasteiger partial charge in [0.25, 0.3) is 5.89 Å². The van der Waals surface area contributed by atoms with Crippen LogP contribution in [0.5, 0.6) is 0 Å². The molecule has 5 rings (SSSR count). The minimum absolute atomic E-state index is 0.178. The van der Waals surface area contributed by atoms with Gasteiger partial charge in [0.15, 0.2) is 16.7 Å². The number of furan rings is 1. The van der Waals surface area contributed by atoms with Crippen molar-refractivity contribution >= 4 is 11.8 Å². The van der Waals surface area contributed by atoms with E-state index in [0.717, 1.165) is 29.4 Å². The number of rotatable bonds is 6. The van der Waals surface area contributed by atoms with Gasteiger partial charge >= 0.3 is 0 Å². The van der Waals surface area contributed by atoms with E-state index < -0.39 is 0 Å². The molecule has 1 aliphatic rings. The summed E-state index contributed by atoms with van der Waals surface area (Å²) in [7, 11) is 0. The van der Waals surface area contributed by atoms with E-state index in [1.807, 2.05) is 19.1 Å². The molecule has 142 valence electrons. The topological polar surface area (TPSA) is 82.8 Å². The molecule has 7 nitrogen and oxygen atoms in total. The predicted molar refractivity (Wildman–Crippen MR) is 100.0 cm³/mol. The highest BCUT2D eigenvalue weighted by Gasteiger charge is 2.31. The Morgan fingerprint density at radius 3 is 2.93 bits per heavy atom. The molecule has 0 aliphatic heterocycles. The summed E-state index contributed by atoms with van der Waals surface area (Å²) in [5.41, 5.74) is 1.23. The van der Waals surface area contributed by atoms with E-state index in [2.05, 4.69) is 24.9 Å². The molecule has 0 radical (unpaired) electrons. The third-order valence-electron chi connectivity index (χ3n) is 4.47. The Morgan fingerprint density at radius 1 is 1.25 bits per heavy atom. The fourth-order valence-electron chi connectivity index (χ4n) is 2.97. The van der Waals surface area contributed by atoms with Crippen molar-refractivity contribution in [3.63, 3.8) is 0 Å². The van der Waals surface area contributed by atoms with Gasteiger partial charge in [0.2, 0.25) is 5.82 Å². The Balaban J connectivity index is 1.36. The molecule has 0 bridgehead atoms. The maximum atomic E-state index is 14.0. The first kappa shape index (κ1) is 17.2. The second-order valence-corrected chi connectivity index (χ2v) is 7.61. The molecular weight excluding hydrogens is 381 g/mol. The smallest absolute Gasteiger partial charge is 0.260 e. The van der Waals surface area contributed by atoms with Gasteiger partial charge in [-0.05, 0) is 44.0 Å². The zero-order chi connectivity index (χ0) is 19.1. The molecular formula is C19H16FN5O2S. The van der Waals surface area contributed by atoms with Crippen LogP contribution in [-0.2, 0) is 5.75 Å². The summed E-state index contributed by atoms with van der Waals surface area (Å²) >= 11 is 1.47. The molecule has 0 atom stereocenters. The highest BCUT2D eigenvalue weighted by Crippen LogP contribution is 2.41. The Labute approximate surface area is 164 Å².